The first-order valence-corrected chi connectivity index (χ1v) is 7.36. The molecule has 6 nitrogen and oxygen atoms in total. The predicted octanol–water partition coefficient (Wildman–Crippen LogP) is 2.99. The number of benzene rings is 1. The first kappa shape index (κ1) is 15.6. The second kappa shape index (κ2) is 6.30. The van der Waals surface area contributed by atoms with Gasteiger partial charge in [0.15, 0.2) is 0 Å². The summed E-state index contributed by atoms with van der Waals surface area (Å²) in [5.74, 6) is 0.490. The van der Waals surface area contributed by atoms with E-state index in [-0.39, 0.29) is 5.69 Å². The smallest absolute Gasteiger partial charge is 0.315 e. The van der Waals surface area contributed by atoms with Crippen molar-refractivity contribution in [3.05, 3.63) is 28.3 Å². The third-order valence-electron chi connectivity index (χ3n) is 4.16. The second-order valence-corrected chi connectivity index (χ2v) is 5.99. The summed E-state index contributed by atoms with van der Waals surface area (Å²) < 4.78 is 0. The summed E-state index contributed by atoms with van der Waals surface area (Å²) in [6.45, 7) is 2.47. The van der Waals surface area contributed by atoms with E-state index in [2.05, 4.69) is 17.6 Å². The predicted molar refractivity (Wildman–Crippen MR) is 83.7 cm³/mol. The molecule has 0 radical (unpaired) electrons. The van der Waals surface area contributed by atoms with E-state index in [1.165, 1.54) is 0 Å². The zero-order valence-corrected chi connectivity index (χ0v) is 12.6. The molecule has 1 fully saturated rings. The fourth-order valence-electron chi connectivity index (χ4n) is 3.14. The molecule has 1 aliphatic carbocycles. The maximum atomic E-state index is 11.2. The molecule has 0 aliphatic heterocycles. The van der Waals surface area contributed by atoms with Crippen LogP contribution in [0, 0.1) is 16.0 Å². The van der Waals surface area contributed by atoms with Crippen molar-refractivity contribution in [2.24, 2.45) is 5.92 Å². The van der Waals surface area contributed by atoms with Crippen LogP contribution in [-0.2, 0) is 0 Å². The topological polar surface area (TPSA) is 87.4 Å². The Hall–Kier alpha value is -1.82. The Bertz CT molecular complexity index is 521. The molecule has 2 unspecified atom stereocenters. The Kier molecular flexibility index (Phi) is 4.67. The molecule has 2 atom stereocenters. The van der Waals surface area contributed by atoms with E-state index < -0.39 is 10.5 Å². The Labute approximate surface area is 124 Å². The van der Waals surface area contributed by atoms with E-state index in [1.807, 2.05) is 0 Å². The van der Waals surface area contributed by atoms with Crippen LogP contribution in [0.5, 0.6) is 0 Å². The summed E-state index contributed by atoms with van der Waals surface area (Å²) in [7, 11) is 1.66. The molecule has 116 valence electrons. The Morgan fingerprint density at radius 2 is 2.19 bits per heavy atom. The summed E-state index contributed by atoms with van der Waals surface area (Å²) in [6, 6.07) is 5.10. The van der Waals surface area contributed by atoms with Crippen molar-refractivity contribution in [2.45, 2.75) is 38.2 Å². The molecule has 0 aromatic heterocycles. The van der Waals surface area contributed by atoms with Gasteiger partial charge in [-0.25, -0.2) is 0 Å². The van der Waals surface area contributed by atoms with Gasteiger partial charge in [0, 0.05) is 13.6 Å². The fraction of sp³-hybridized carbons (Fsp3) is 0.600. The Morgan fingerprint density at radius 1 is 1.48 bits per heavy atom. The molecule has 6 heteroatoms. The van der Waals surface area contributed by atoms with E-state index in [0.717, 1.165) is 25.7 Å². The van der Waals surface area contributed by atoms with Gasteiger partial charge in [-0.15, -0.1) is 0 Å². The molecule has 1 aromatic rings. The lowest BCUT2D eigenvalue weighted by Crippen LogP contribution is -2.41. The molecule has 0 amide bonds. The highest BCUT2D eigenvalue weighted by Crippen LogP contribution is 2.35. The van der Waals surface area contributed by atoms with Crippen molar-refractivity contribution in [1.82, 2.24) is 0 Å². The van der Waals surface area contributed by atoms with Crippen molar-refractivity contribution < 1.29 is 10.0 Å². The summed E-state index contributed by atoms with van der Waals surface area (Å²) >= 11 is 0. The molecule has 0 saturated heterocycles. The van der Waals surface area contributed by atoms with Crippen LogP contribution in [0.4, 0.5) is 17.1 Å². The van der Waals surface area contributed by atoms with Gasteiger partial charge in [0.2, 0.25) is 0 Å². The summed E-state index contributed by atoms with van der Waals surface area (Å²) in [6.07, 6.45) is 3.61. The van der Waals surface area contributed by atoms with Gasteiger partial charge in [-0.05, 0) is 30.9 Å². The monoisotopic (exact) mass is 293 g/mol. The van der Waals surface area contributed by atoms with Gasteiger partial charge in [0.25, 0.3) is 0 Å². The number of para-hydroxylation sites is 1. The van der Waals surface area contributed by atoms with Crippen LogP contribution in [0.3, 0.4) is 0 Å². The first-order chi connectivity index (χ1) is 9.95. The van der Waals surface area contributed by atoms with Crippen molar-refractivity contribution in [3.63, 3.8) is 0 Å². The largest absolute Gasteiger partial charge is 0.388 e. The molecule has 3 N–H and O–H groups in total. The number of aliphatic hydroxyl groups is 1. The van der Waals surface area contributed by atoms with Crippen molar-refractivity contribution in [2.75, 3.05) is 24.2 Å². The van der Waals surface area contributed by atoms with E-state index in [4.69, 9.17) is 0 Å². The lowest BCUT2D eigenvalue weighted by molar-refractivity contribution is -0.383. The van der Waals surface area contributed by atoms with Crippen LogP contribution >= 0.6 is 0 Å². The maximum Gasteiger partial charge on any atom is 0.315 e. The zero-order valence-electron chi connectivity index (χ0n) is 12.6. The third-order valence-corrected chi connectivity index (χ3v) is 4.16. The quantitative estimate of drug-likeness (QED) is 0.574. The van der Waals surface area contributed by atoms with Crippen LogP contribution in [0.15, 0.2) is 18.2 Å². The third kappa shape index (κ3) is 3.64. The number of nitrogens with zero attached hydrogens (tertiary/aromatic N) is 1. The molecule has 1 saturated carbocycles. The minimum absolute atomic E-state index is 0.0208. The number of anilines is 2. The lowest BCUT2D eigenvalue weighted by Gasteiger charge is -2.35. The number of nitro benzene ring substituents is 1. The van der Waals surface area contributed by atoms with Gasteiger partial charge in [-0.1, -0.05) is 25.8 Å². The van der Waals surface area contributed by atoms with Gasteiger partial charge in [-0.2, -0.15) is 0 Å². The van der Waals surface area contributed by atoms with Gasteiger partial charge in [0.05, 0.1) is 10.5 Å². The van der Waals surface area contributed by atoms with Crippen molar-refractivity contribution in [1.29, 1.82) is 0 Å². The van der Waals surface area contributed by atoms with Crippen LogP contribution in [0.1, 0.15) is 32.6 Å². The SMILES string of the molecule is CNc1cccc(NCC2(O)CCCC(C)C2)c1[N+](=O)[O-]. The number of rotatable bonds is 5. The Morgan fingerprint density at radius 3 is 2.81 bits per heavy atom. The number of hydrogen-bond acceptors (Lipinski definition) is 5. The average molecular weight is 293 g/mol. The molecule has 1 aromatic carbocycles. The highest BCUT2D eigenvalue weighted by Gasteiger charge is 2.33. The van der Waals surface area contributed by atoms with Gasteiger partial charge in [0.1, 0.15) is 11.4 Å². The van der Waals surface area contributed by atoms with Crippen molar-refractivity contribution in [3.8, 4) is 0 Å². The second-order valence-electron chi connectivity index (χ2n) is 5.99. The highest BCUT2D eigenvalue weighted by atomic mass is 16.6. The number of nitrogens with one attached hydrogen (secondary N) is 2. The molecule has 0 bridgehead atoms. The van der Waals surface area contributed by atoms with Gasteiger partial charge >= 0.3 is 5.69 Å². The number of hydrogen-bond donors (Lipinski definition) is 3. The summed E-state index contributed by atoms with van der Waals surface area (Å²) in [5, 5.41) is 27.8. The van der Waals surface area contributed by atoms with Crippen LogP contribution < -0.4 is 10.6 Å². The molecule has 1 aliphatic rings. The minimum atomic E-state index is -0.777. The van der Waals surface area contributed by atoms with E-state index in [0.29, 0.717) is 23.8 Å². The van der Waals surface area contributed by atoms with Crippen LogP contribution in [-0.4, -0.2) is 29.2 Å². The van der Waals surface area contributed by atoms with Gasteiger partial charge < -0.3 is 15.7 Å². The van der Waals surface area contributed by atoms with Crippen molar-refractivity contribution >= 4 is 17.1 Å². The molecule has 0 heterocycles. The average Bonchev–Trinajstić information content (AvgIpc) is 2.44. The normalized spacial score (nSPS) is 25.4. The molecular weight excluding hydrogens is 270 g/mol. The van der Waals surface area contributed by atoms with E-state index in [1.54, 1.807) is 25.2 Å². The minimum Gasteiger partial charge on any atom is -0.388 e. The molecular formula is C15H23N3O3. The lowest BCUT2D eigenvalue weighted by atomic mass is 9.79. The fourth-order valence-corrected chi connectivity index (χ4v) is 3.14. The molecule has 21 heavy (non-hydrogen) atoms. The summed E-state index contributed by atoms with van der Waals surface area (Å²) in [5.41, 5.74) is 0.154. The Balaban J connectivity index is 2.14. The highest BCUT2D eigenvalue weighted by molar-refractivity contribution is 5.76. The summed E-state index contributed by atoms with van der Waals surface area (Å²) in [4.78, 5) is 10.8. The van der Waals surface area contributed by atoms with Crippen LogP contribution in [0.2, 0.25) is 0 Å². The van der Waals surface area contributed by atoms with Crippen LogP contribution in [0.25, 0.3) is 0 Å². The van der Waals surface area contributed by atoms with E-state index >= 15 is 0 Å². The molecule has 2 rings (SSSR count). The number of nitro groups is 1. The zero-order chi connectivity index (χ0) is 15.5. The standard InChI is InChI=1S/C15H23N3O3/c1-11-5-4-8-15(19,9-11)10-17-13-7-3-6-12(16-2)14(13)18(20)21/h3,6-7,11,16-17,19H,4-5,8-10H2,1-2H3. The van der Waals surface area contributed by atoms with Gasteiger partial charge in [-0.3, -0.25) is 10.1 Å². The molecule has 0 spiro atoms. The maximum absolute atomic E-state index is 11.2. The first-order valence-electron chi connectivity index (χ1n) is 7.36. The van der Waals surface area contributed by atoms with E-state index in [9.17, 15) is 15.2 Å².